The summed E-state index contributed by atoms with van der Waals surface area (Å²) in [5.41, 5.74) is 0. The molecule has 0 amide bonds. The molecule has 0 aromatic heterocycles. The minimum atomic E-state index is -3.37. The van der Waals surface area contributed by atoms with Crippen LogP contribution in [-0.2, 0) is 17.1 Å². The summed E-state index contributed by atoms with van der Waals surface area (Å²) in [6, 6.07) is 0. The average molecular weight is 136 g/mol. The van der Waals surface area contributed by atoms with E-state index in [0.717, 1.165) is 0 Å². The summed E-state index contributed by atoms with van der Waals surface area (Å²) in [5.74, 6) is 0. The van der Waals surface area contributed by atoms with E-state index in [4.69, 9.17) is 14.7 Å². The third-order valence-electron chi connectivity index (χ3n) is 0. The quantitative estimate of drug-likeness (QED) is 0.271. The summed E-state index contributed by atoms with van der Waals surface area (Å²) in [4.78, 5) is 25.4. The van der Waals surface area contributed by atoms with Gasteiger partial charge < -0.3 is 23.3 Å². The number of rotatable bonds is 0. The fourth-order valence-corrected chi connectivity index (χ4v) is 0. The van der Waals surface area contributed by atoms with E-state index in [1.165, 1.54) is 0 Å². The Morgan fingerprint density at radius 3 is 1.20 bits per heavy atom. The van der Waals surface area contributed by atoms with Gasteiger partial charge in [-0.15, -0.1) is 0 Å². The average Bonchev–Trinajstić information content (AvgIpc) is 0.811. The molecule has 0 aromatic rings. The molecular weight excluding hydrogens is 135 g/mol. The molecule has 0 rings (SSSR count). The molecule has 0 aliphatic rings. The Hall–Kier alpha value is 0.829. The predicted molar refractivity (Wildman–Crippen MR) is 8.03 cm³/mol. The Morgan fingerprint density at radius 1 is 1.20 bits per heavy atom. The molecule has 5 heavy (non-hydrogen) atoms. The van der Waals surface area contributed by atoms with Gasteiger partial charge in [0.05, 0.1) is 0 Å². The van der Waals surface area contributed by atoms with Crippen molar-refractivity contribution in [2.45, 2.75) is 0 Å². The van der Waals surface area contributed by atoms with Gasteiger partial charge in [-0.25, -0.2) is 0 Å². The smallest absolute Gasteiger partial charge is 0.854 e. The van der Waals surface area contributed by atoms with Crippen molar-refractivity contribution in [1.82, 2.24) is 0 Å². The van der Waals surface area contributed by atoms with E-state index in [1.807, 2.05) is 0 Å². The maximum absolute atomic E-state index is 8.48. The molecule has 0 saturated heterocycles. The molecule has 0 aliphatic carbocycles. The van der Waals surface area contributed by atoms with E-state index < -0.39 is 8.60 Å². The first-order valence-electron chi connectivity index (χ1n) is 0.548. The molecule has 32 valence electrons. The number of hydrogen-bond acceptors (Lipinski definition) is 3. The van der Waals surface area contributed by atoms with Crippen molar-refractivity contribution < 1.29 is 33.2 Å². The van der Waals surface area contributed by atoms with E-state index in [2.05, 4.69) is 0 Å². The van der Waals surface area contributed by atoms with Crippen LogP contribution in [-0.4, -0.2) is 0 Å². The molecular formula is HFeO3P. The van der Waals surface area contributed by atoms with Crippen molar-refractivity contribution >= 4 is 8.60 Å². The largest absolute Gasteiger partial charge is 2.00 e. The van der Waals surface area contributed by atoms with Gasteiger partial charge in [-0.1, -0.05) is 0 Å². The molecule has 0 aromatic carbocycles. The van der Waals surface area contributed by atoms with Gasteiger partial charge in [0.15, 0.2) is 0 Å². The molecule has 0 atom stereocenters. The van der Waals surface area contributed by atoms with Crippen LogP contribution in [0.2, 0.25) is 0 Å². The Kier molecular flexibility index (Phi) is 8.96. The zero-order chi connectivity index (χ0) is 3.58. The van der Waals surface area contributed by atoms with E-state index in [-0.39, 0.29) is 18.5 Å². The SMILES string of the molecule is [Fe+2].[H+].[O-]P([O-])[O-]. The van der Waals surface area contributed by atoms with E-state index in [9.17, 15) is 0 Å². The van der Waals surface area contributed by atoms with Crippen LogP contribution in [0.1, 0.15) is 1.43 Å². The first-order valence-corrected chi connectivity index (χ1v) is 1.64. The van der Waals surface area contributed by atoms with Crippen LogP contribution >= 0.6 is 8.60 Å². The Bertz CT molecular complexity index is 15.5. The first kappa shape index (κ1) is 9.27. The summed E-state index contributed by atoms with van der Waals surface area (Å²) < 4.78 is 0. The molecule has 0 aliphatic heterocycles. The topological polar surface area (TPSA) is 69.2 Å². The summed E-state index contributed by atoms with van der Waals surface area (Å²) in [5, 5.41) is 0. The second-order valence-corrected chi connectivity index (χ2v) is 0.671. The summed E-state index contributed by atoms with van der Waals surface area (Å²) in [6.45, 7) is 0. The van der Waals surface area contributed by atoms with Crippen LogP contribution in [0.3, 0.4) is 0 Å². The van der Waals surface area contributed by atoms with Gasteiger partial charge in [0, 0.05) is 0 Å². The molecule has 0 N–H and O–H groups in total. The molecule has 0 heterocycles. The molecule has 0 saturated carbocycles. The van der Waals surface area contributed by atoms with Gasteiger partial charge in [-0.3, -0.25) is 0 Å². The summed E-state index contributed by atoms with van der Waals surface area (Å²) >= 11 is 0. The molecule has 0 radical (unpaired) electrons. The van der Waals surface area contributed by atoms with Gasteiger partial charge in [-0.2, -0.15) is 0 Å². The monoisotopic (exact) mass is 136 g/mol. The molecule has 5 heteroatoms. The standard InChI is InChI=1S/Fe.O3P/c;1-4(2)3/q+2;-3/p+1. The van der Waals surface area contributed by atoms with Crippen molar-refractivity contribution in [2.75, 3.05) is 0 Å². The summed E-state index contributed by atoms with van der Waals surface area (Å²) in [7, 11) is -3.37. The van der Waals surface area contributed by atoms with Gasteiger partial charge in [0.1, 0.15) is 0 Å². The van der Waals surface area contributed by atoms with E-state index in [0.29, 0.717) is 0 Å². The van der Waals surface area contributed by atoms with E-state index in [1.54, 1.807) is 0 Å². The normalized spacial score (nSPS) is 7.20. The zero-order valence-corrected chi connectivity index (χ0v) is 4.02. The van der Waals surface area contributed by atoms with Crippen LogP contribution < -0.4 is 14.7 Å². The molecule has 3 nitrogen and oxygen atoms in total. The summed E-state index contributed by atoms with van der Waals surface area (Å²) in [6.07, 6.45) is 0. The second-order valence-electron chi connectivity index (χ2n) is 0.224. The maximum atomic E-state index is 8.48. The predicted octanol–water partition coefficient (Wildman–Crippen LogP) is -2.60. The van der Waals surface area contributed by atoms with Crippen LogP contribution in [0.25, 0.3) is 0 Å². The van der Waals surface area contributed by atoms with Gasteiger partial charge in [-0.05, 0) is 0 Å². The van der Waals surface area contributed by atoms with Gasteiger partial charge >= 0.3 is 18.5 Å². The molecule has 0 unspecified atom stereocenters. The van der Waals surface area contributed by atoms with Gasteiger partial charge in [0.25, 0.3) is 0 Å². The van der Waals surface area contributed by atoms with Crippen LogP contribution in [0.15, 0.2) is 0 Å². The van der Waals surface area contributed by atoms with Crippen molar-refractivity contribution in [3.8, 4) is 0 Å². The van der Waals surface area contributed by atoms with Crippen molar-refractivity contribution in [3.05, 3.63) is 0 Å². The maximum Gasteiger partial charge on any atom is 2.00 e. The third kappa shape index (κ3) is 56.2. The fourth-order valence-electron chi connectivity index (χ4n) is 0. The Morgan fingerprint density at radius 2 is 1.20 bits per heavy atom. The van der Waals surface area contributed by atoms with Crippen LogP contribution in [0, 0.1) is 0 Å². The third-order valence-corrected chi connectivity index (χ3v) is 0. The van der Waals surface area contributed by atoms with Crippen LogP contribution in [0.4, 0.5) is 0 Å². The molecule has 0 spiro atoms. The minimum absolute atomic E-state index is 0. The molecule has 0 fully saturated rings. The van der Waals surface area contributed by atoms with Crippen molar-refractivity contribution in [2.24, 2.45) is 0 Å². The van der Waals surface area contributed by atoms with Crippen molar-refractivity contribution in [3.63, 3.8) is 0 Å². The van der Waals surface area contributed by atoms with Gasteiger partial charge in [0.2, 0.25) is 0 Å². The second kappa shape index (κ2) is 4.83. The Balaban J connectivity index is -0.0000000450. The minimum Gasteiger partial charge on any atom is -0.854 e. The van der Waals surface area contributed by atoms with E-state index >= 15 is 0 Å². The first-order chi connectivity index (χ1) is 1.73. The number of hydrogen-bond donors (Lipinski definition) is 0. The van der Waals surface area contributed by atoms with Crippen LogP contribution in [0.5, 0.6) is 0 Å². The Labute approximate surface area is 42.6 Å². The zero-order valence-electron chi connectivity index (χ0n) is 3.03. The molecule has 0 bridgehead atoms. The fraction of sp³-hybridized carbons (Fsp3) is 0. The van der Waals surface area contributed by atoms with Crippen molar-refractivity contribution in [1.29, 1.82) is 0 Å².